The highest BCUT2D eigenvalue weighted by molar-refractivity contribution is 14.1. The SMILES string of the molecule is CSc1ncc(I)cc1OC1CC1. The first-order valence-corrected chi connectivity index (χ1v) is 6.46. The molecule has 1 aromatic heterocycles. The molecule has 0 unspecified atom stereocenters. The topological polar surface area (TPSA) is 22.1 Å². The summed E-state index contributed by atoms with van der Waals surface area (Å²) in [5.74, 6) is 0.946. The number of rotatable bonds is 3. The maximum absolute atomic E-state index is 5.74. The normalized spacial score (nSPS) is 15.8. The molecule has 1 aromatic rings. The number of nitrogens with zero attached hydrogens (tertiary/aromatic N) is 1. The van der Waals surface area contributed by atoms with Crippen molar-refractivity contribution < 1.29 is 4.74 Å². The third kappa shape index (κ3) is 2.49. The van der Waals surface area contributed by atoms with Crippen molar-refractivity contribution in [3.05, 3.63) is 15.8 Å². The molecule has 0 atom stereocenters. The predicted molar refractivity (Wildman–Crippen MR) is 62.4 cm³/mol. The van der Waals surface area contributed by atoms with Crippen molar-refractivity contribution in [2.45, 2.75) is 24.0 Å². The highest BCUT2D eigenvalue weighted by Gasteiger charge is 2.24. The van der Waals surface area contributed by atoms with Gasteiger partial charge in [-0.05, 0) is 47.8 Å². The molecule has 1 aliphatic rings. The smallest absolute Gasteiger partial charge is 0.152 e. The first kappa shape index (κ1) is 9.58. The molecule has 4 heteroatoms. The van der Waals surface area contributed by atoms with Crippen LogP contribution >= 0.6 is 34.4 Å². The van der Waals surface area contributed by atoms with Gasteiger partial charge in [0, 0.05) is 9.77 Å². The fraction of sp³-hybridized carbons (Fsp3) is 0.444. The van der Waals surface area contributed by atoms with Crippen molar-refractivity contribution in [2.24, 2.45) is 0 Å². The van der Waals surface area contributed by atoms with Crippen LogP contribution < -0.4 is 4.74 Å². The van der Waals surface area contributed by atoms with Crippen LogP contribution in [-0.2, 0) is 0 Å². The zero-order valence-corrected chi connectivity index (χ0v) is 10.3. The molecule has 0 radical (unpaired) electrons. The maximum Gasteiger partial charge on any atom is 0.152 e. The number of hydrogen-bond donors (Lipinski definition) is 0. The fourth-order valence-electron chi connectivity index (χ4n) is 1.01. The second-order valence-corrected chi connectivity index (χ2v) is 5.02. The van der Waals surface area contributed by atoms with E-state index in [1.165, 1.54) is 12.8 Å². The third-order valence-electron chi connectivity index (χ3n) is 1.80. The quantitative estimate of drug-likeness (QED) is 0.633. The Morgan fingerprint density at radius 3 is 3.00 bits per heavy atom. The van der Waals surface area contributed by atoms with Crippen molar-refractivity contribution in [1.29, 1.82) is 0 Å². The van der Waals surface area contributed by atoms with Crippen LogP contribution in [-0.4, -0.2) is 17.3 Å². The maximum atomic E-state index is 5.74. The Morgan fingerprint density at radius 1 is 1.62 bits per heavy atom. The highest BCUT2D eigenvalue weighted by Crippen LogP contribution is 2.32. The Bertz CT molecular complexity index is 314. The van der Waals surface area contributed by atoms with Crippen LogP contribution in [0, 0.1) is 3.57 Å². The van der Waals surface area contributed by atoms with Gasteiger partial charge >= 0.3 is 0 Å². The summed E-state index contributed by atoms with van der Waals surface area (Å²) in [5, 5.41) is 0.993. The van der Waals surface area contributed by atoms with Gasteiger partial charge in [-0.1, -0.05) is 0 Å². The van der Waals surface area contributed by atoms with E-state index in [2.05, 4.69) is 33.6 Å². The van der Waals surface area contributed by atoms with E-state index in [-0.39, 0.29) is 0 Å². The Hall–Kier alpha value is 0.0300. The fourth-order valence-corrected chi connectivity index (χ4v) is 1.90. The summed E-state index contributed by atoms with van der Waals surface area (Å²) in [6.45, 7) is 0. The summed E-state index contributed by atoms with van der Waals surface area (Å²) in [6.07, 6.45) is 6.73. The molecule has 70 valence electrons. The van der Waals surface area contributed by atoms with Crippen LogP contribution in [0.25, 0.3) is 0 Å². The lowest BCUT2D eigenvalue weighted by atomic mass is 10.4. The second kappa shape index (κ2) is 4.04. The molecule has 13 heavy (non-hydrogen) atoms. The molecule has 0 aliphatic heterocycles. The van der Waals surface area contributed by atoms with Gasteiger partial charge in [0.25, 0.3) is 0 Å². The van der Waals surface area contributed by atoms with Gasteiger partial charge in [0.05, 0.1) is 6.10 Å². The minimum Gasteiger partial charge on any atom is -0.488 e. The minimum atomic E-state index is 0.450. The monoisotopic (exact) mass is 307 g/mol. The summed E-state index contributed by atoms with van der Waals surface area (Å²) in [4.78, 5) is 4.31. The minimum absolute atomic E-state index is 0.450. The molecule has 0 saturated heterocycles. The molecule has 0 amide bonds. The average molecular weight is 307 g/mol. The summed E-state index contributed by atoms with van der Waals surface area (Å²) in [6, 6.07) is 2.05. The number of ether oxygens (including phenoxy) is 1. The van der Waals surface area contributed by atoms with Gasteiger partial charge in [0.1, 0.15) is 5.03 Å². The van der Waals surface area contributed by atoms with Gasteiger partial charge in [0.15, 0.2) is 5.75 Å². The van der Waals surface area contributed by atoms with Crippen molar-refractivity contribution >= 4 is 34.4 Å². The molecule has 1 aliphatic carbocycles. The van der Waals surface area contributed by atoms with Crippen LogP contribution in [0.3, 0.4) is 0 Å². The molecule has 0 bridgehead atoms. The van der Waals surface area contributed by atoms with Crippen molar-refractivity contribution in [1.82, 2.24) is 4.98 Å². The predicted octanol–water partition coefficient (Wildman–Crippen LogP) is 2.95. The number of pyridine rings is 1. The largest absolute Gasteiger partial charge is 0.488 e. The Morgan fingerprint density at radius 2 is 2.38 bits per heavy atom. The average Bonchev–Trinajstić information content (AvgIpc) is 2.89. The molecule has 2 rings (SSSR count). The van der Waals surface area contributed by atoms with Gasteiger partial charge in [-0.15, -0.1) is 11.8 Å². The molecular weight excluding hydrogens is 297 g/mol. The van der Waals surface area contributed by atoms with Gasteiger partial charge < -0.3 is 4.74 Å². The molecule has 1 fully saturated rings. The summed E-state index contributed by atoms with van der Waals surface area (Å²) in [7, 11) is 0. The molecule has 0 spiro atoms. The highest BCUT2D eigenvalue weighted by atomic mass is 127. The van der Waals surface area contributed by atoms with Crippen LogP contribution in [0.1, 0.15) is 12.8 Å². The lowest BCUT2D eigenvalue weighted by Gasteiger charge is -2.07. The molecule has 1 heterocycles. The molecule has 1 saturated carbocycles. The van der Waals surface area contributed by atoms with Gasteiger partial charge in [0.2, 0.25) is 0 Å². The van der Waals surface area contributed by atoms with E-state index in [0.29, 0.717) is 6.10 Å². The third-order valence-corrected chi connectivity index (χ3v) is 3.08. The number of hydrogen-bond acceptors (Lipinski definition) is 3. The van der Waals surface area contributed by atoms with E-state index in [1.807, 2.05) is 12.5 Å². The van der Waals surface area contributed by atoms with Gasteiger partial charge in [-0.3, -0.25) is 0 Å². The van der Waals surface area contributed by atoms with Crippen molar-refractivity contribution in [3.63, 3.8) is 0 Å². The van der Waals surface area contributed by atoms with Crippen LogP contribution in [0.4, 0.5) is 0 Å². The number of halogens is 1. The zero-order chi connectivity index (χ0) is 9.26. The summed E-state index contributed by atoms with van der Waals surface area (Å²) in [5.41, 5.74) is 0. The number of thioether (sulfide) groups is 1. The van der Waals surface area contributed by atoms with E-state index >= 15 is 0 Å². The zero-order valence-electron chi connectivity index (χ0n) is 7.29. The lowest BCUT2D eigenvalue weighted by molar-refractivity contribution is 0.293. The summed E-state index contributed by atoms with van der Waals surface area (Å²) >= 11 is 3.89. The number of aromatic nitrogens is 1. The molecule has 0 N–H and O–H groups in total. The Kier molecular flexibility index (Phi) is 2.98. The standard InChI is InChI=1S/C9H10INOS/c1-13-9-8(12-7-2-3-7)4-6(10)5-11-9/h4-5,7H,2-3H2,1H3. The first-order valence-electron chi connectivity index (χ1n) is 4.16. The molecular formula is C9H10INOS. The molecule has 2 nitrogen and oxygen atoms in total. The van der Waals surface area contributed by atoms with Crippen LogP contribution in [0.2, 0.25) is 0 Å². The Balaban J connectivity index is 2.22. The van der Waals surface area contributed by atoms with Crippen molar-refractivity contribution in [2.75, 3.05) is 6.26 Å². The Labute approximate surface area is 95.6 Å². The van der Waals surface area contributed by atoms with Crippen LogP contribution in [0.5, 0.6) is 5.75 Å². The van der Waals surface area contributed by atoms with Crippen LogP contribution in [0.15, 0.2) is 17.3 Å². The van der Waals surface area contributed by atoms with E-state index < -0.39 is 0 Å². The second-order valence-electron chi connectivity index (χ2n) is 2.98. The van der Waals surface area contributed by atoms with E-state index in [0.717, 1.165) is 14.3 Å². The van der Waals surface area contributed by atoms with Gasteiger partial charge in [-0.2, -0.15) is 0 Å². The van der Waals surface area contributed by atoms with Gasteiger partial charge in [-0.25, -0.2) is 4.98 Å². The summed E-state index contributed by atoms with van der Waals surface area (Å²) < 4.78 is 6.87. The van der Waals surface area contributed by atoms with E-state index in [1.54, 1.807) is 11.8 Å². The van der Waals surface area contributed by atoms with E-state index in [9.17, 15) is 0 Å². The van der Waals surface area contributed by atoms with E-state index in [4.69, 9.17) is 4.74 Å². The van der Waals surface area contributed by atoms with Crippen molar-refractivity contribution in [3.8, 4) is 5.75 Å². The lowest BCUT2D eigenvalue weighted by Crippen LogP contribution is -1.98. The molecule has 0 aromatic carbocycles. The first-order chi connectivity index (χ1) is 6.29.